The largest absolute Gasteiger partial charge is 0.497 e. The Morgan fingerprint density at radius 1 is 0.952 bits per heavy atom. The molecule has 0 aliphatic heterocycles. The number of alkyl halides is 3. The van der Waals surface area contributed by atoms with E-state index in [9.17, 15) is 13.2 Å². The van der Waals surface area contributed by atoms with Crippen LogP contribution >= 0.6 is 0 Å². The zero-order valence-electron chi connectivity index (χ0n) is 11.5. The van der Waals surface area contributed by atoms with Gasteiger partial charge in [-0.05, 0) is 41.8 Å². The smallest absolute Gasteiger partial charge is 0.416 e. The molecule has 0 aliphatic rings. The number of methoxy groups -OCH3 is 1. The quantitative estimate of drug-likeness (QED) is 0.773. The van der Waals surface area contributed by atoms with Crippen molar-refractivity contribution in [1.29, 1.82) is 0 Å². The average Bonchev–Trinajstić information content (AvgIpc) is 2.47. The lowest BCUT2D eigenvalue weighted by molar-refractivity contribution is -0.137. The second-order valence-electron chi connectivity index (χ2n) is 4.57. The minimum Gasteiger partial charge on any atom is -0.497 e. The van der Waals surface area contributed by atoms with Gasteiger partial charge < -0.3 is 4.74 Å². The first kappa shape index (κ1) is 15.2. The van der Waals surface area contributed by atoms with Crippen LogP contribution in [0, 0.1) is 0 Å². The highest BCUT2D eigenvalue weighted by Gasteiger charge is 2.29. The van der Waals surface area contributed by atoms with E-state index in [2.05, 4.69) is 0 Å². The van der Waals surface area contributed by atoms with Crippen LogP contribution in [0.4, 0.5) is 13.2 Å². The zero-order valence-corrected chi connectivity index (χ0v) is 11.5. The summed E-state index contributed by atoms with van der Waals surface area (Å²) < 4.78 is 42.4. The minimum absolute atomic E-state index is 0.630. The molecule has 0 spiro atoms. The van der Waals surface area contributed by atoms with E-state index in [4.69, 9.17) is 4.74 Å². The van der Waals surface area contributed by atoms with E-state index in [0.717, 1.165) is 29.0 Å². The number of benzene rings is 2. The molecule has 0 aromatic heterocycles. The molecule has 0 fully saturated rings. The Kier molecular flexibility index (Phi) is 4.68. The number of hydrogen-bond acceptors (Lipinski definition) is 1. The van der Waals surface area contributed by atoms with E-state index in [1.807, 2.05) is 36.4 Å². The van der Waals surface area contributed by atoms with E-state index < -0.39 is 11.7 Å². The van der Waals surface area contributed by atoms with E-state index >= 15 is 0 Å². The molecule has 110 valence electrons. The van der Waals surface area contributed by atoms with Gasteiger partial charge in [-0.15, -0.1) is 0 Å². The number of ether oxygens (including phenoxy) is 1. The summed E-state index contributed by atoms with van der Waals surface area (Å²) in [5.41, 5.74) is 1.23. The Hall–Kier alpha value is -2.23. The van der Waals surface area contributed by atoms with Crippen molar-refractivity contribution in [3.63, 3.8) is 0 Å². The summed E-state index contributed by atoms with van der Waals surface area (Å²) in [6.07, 6.45) is 0.158. The molecule has 0 saturated heterocycles. The Labute approximate surface area is 121 Å². The highest BCUT2D eigenvalue weighted by atomic mass is 19.4. The third kappa shape index (κ3) is 4.38. The first-order valence-corrected chi connectivity index (χ1v) is 6.46. The van der Waals surface area contributed by atoms with Gasteiger partial charge in [0.1, 0.15) is 5.75 Å². The van der Waals surface area contributed by atoms with Crippen LogP contribution in [0.2, 0.25) is 0 Å². The predicted molar refractivity (Wildman–Crippen MR) is 77.2 cm³/mol. The van der Waals surface area contributed by atoms with Gasteiger partial charge in [0.25, 0.3) is 0 Å². The van der Waals surface area contributed by atoms with Gasteiger partial charge in [0.2, 0.25) is 0 Å². The number of hydrogen-bond donors (Lipinski definition) is 0. The van der Waals surface area contributed by atoms with Gasteiger partial charge in [-0.3, -0.25) is 0 Å². The van der Waals surface area contributed by atoms with Crippen LogP contribution in [-0.2, 0) is 12.6 Å². The van der Waals surface area contributed by atoms with Gasteiger partial charge in [-0.2, -0.15) is 13.2 Å². The van der Waals surface area contributed by atoms with E-state index in [-0.39, 0.29) is 0 Å². The Morgan fingerprint density at radius 2 is 1.57 bits per heavy atom. The topological polar surface area (TPSA) is 9.23 Å². The van der Waals surface area contributed by atoms with Crippen molar-refractivity contribution < 1.29 is 17.9 Å². The lowest BCUT2D eigenvalue weighted by Gasteiger charge is -2.05. The maximum atomic E-state index is 12.4. The van der Waals surface area contributed by atoms with Gasteiger partial charge in [0.15, 0.2) is 0 Å². The molecule has 0 unspecified atom stereocenters. The first-order valence-electron chi connectivity index (χ1n) is 6.46. The molecule has 2 aromatic rings. The number of allylic oxidation sites excluding steroid dienone is 1. The van der Waals surface area contributed by atoms with E-state index in [1.165, 1.54) is 12.1 Å². The molecular weight excluding hydrogens is 277 g/mol. The third-order valence-electron chi connectivity index (χ3n) is 3.06. The summed E-state index contributed by atoms with van der Waals surface area (Å²) >= 11 is 0. The summed E-state index contributed by atoms with van der Waals surface area (Å²) in [5.74, 6) is 0.797. The highest BCUT2D eigenvalue weighted by molar-refractivity contribution is 5.50. The maximum absolute atomic E-state index is 12.4. The third-order valence-corrected chi connectivity index (χ3v) is 3.06. The van der Waals surface area contributed by atoms with Gasteiger partial charge >= 0.3 is 6.18 Å². The first-order chi connectivity index (χ1) is 9.99. The fourth-order valence-corrected chi connectivity index (χ4v) is 1.88. The Morgan fingerprint density at radius 3 is 2.10 bits per heavy atom. The van der Waals surface area contributed by atoms with Crippen LogP contribution in [0.5, 0.6) is 5.75 Å². The molecule has 0 N–H and O–H groups in total. The summed E-state index contributed by atoms with van der Waals surface area (Å²) in [6.45, 7) is 0. The van der Waals surface area contributed by atoms with Crippen molar-refractivity contribution in [3.8, 4) is 5.75 Å². The van der Waals surface area contributed by atoms with Crippen molar-refractivity contribution >= 4 is 6.08 Å². The SMILES string of the molecule is COc1ccc(C/C=C/c2ccc(C(F)(F)F)cc2)cc1. The van der Waals surface area contributed by atoms with Gasteiger partial charge in [-0.25, -0.2) is 0 Å². The van der Waals surface area contributed by atoms with Gasteiger partial charge in [0.05, 0.1) is 12.7 Å². The summed E-state index contributed by atoms with van der Waals surface area (Å²) in [6, 6.07) is 12.8. The molecule has 0 radical (unpaired) electrons. The minimum atomic E-state index is -4.29. The van der Waals surface area contributed by atoms with Crippen LogP contribution in [0.3, 0.4) is 0 Å². The number of halogens is 3. The van der Waals surface area contributed by atoms with Crippen molar-refractivity contribution in [3.05, 3.63) is 71.3 Å². The average molecular weight is 292 g/mol. The van der Waals surface area contributed by atoms with Crippen LogP contribution in [0.15, 0.2) is 54.6 Å². The lowest BCUT2D eigenvalue weighted by atomic mass is 10.1. The predicted octanol–water partition coefficient (Wildman–Crippen LogP) is 4.97. The van der Waals surface area contributed by atoms with E-state index in [1.54, 1.807) is 7.11 Å². The standard InChI is InChI=1S/C17H15F3O/c1-21-16-11-7-14(8-12-16)4-2-3-13-5-9-15(10-6-13)17(18,19)20/h2-3,5-12H,4H2,1H3/b3-2+. The van der Waals surface area contributed by atoms with Gasteiger partial charge in [0, 0.05) is 0 Å². The molecule has 0 heterocycles. The summed E-state index contributed by atoms with van der Waals surface area (Å²) in [5, 5.41) is 0. The monoisotopic (exact) mass is 292 g/mol. The maximum Gasteiger partial charge on any atom is 0.416 e. The Bertz CT molecular complexity index is 595. The zero-order chi connectivity index (χ0) is 15.3. The fourth-order valence-electron chi connectivity index (χ4n) is 1.88. The normalized spacial score (nSPS) is 11.8. The highest BCUT2D eigenvalue weighted by Crippen LogP contribution is 2.29. The molecule has 0 aliphatic carbocycles. The molecule has 0 saturated carbocycles. The molecule has 0 bridgehead atoms. The number of rotatable bonds is 4. The molecule has 0 atom stereocenters. The molecule has 1 nitrogen and oxygen atoms in total. The van der Waals surface area contributed by atoms with Crippen LogP contribution in [0.25, 0.3) is 6.08 Å². The molecule has 0 amide bonds. The lowest BCUT2D eigenvalue weighted by Crippen LogP contribution is -2.03. The molecule has 2 rings (SSSR count). The summed E-state index contributed by atoms with van der Waals surface area (Å²) in [4.78, 5) is 0. The molecule has 4 heteroatoms. The van der Waals surface area contributed by atoms with Crippen LogP contribution < -0.4 is 4.74 Å². The van der Waals surface area contributed by atoms with Crippen molar-refractivity contribution in [2.24, 2.45) is 0 Å². The Balaban J connectivity index is 1.97. The van der Waals surface area contributed by atoms with Crippen molar-refractivity contribution in [2.45, 2.75) is 12.6 Å². The fraction of sp³-hybridized carbons (Fsp3) is 0.176. The summed E-state index contributed by atoms with van der Waals surface area (Å²) in [7, 11) is 1.61. The second-order valence-corrected chi connectivity index (χ2v) is 4.57. The van der Waals surface area contributed by atoms with Gasteiger partial charge in [-0.1, -0.05) is 36.4 Å². The molecular formula is C17H15F3O. The molecule has 21 heavy (non-hydrogen) atoms. The van der Waals surface area contributed by atoms with Crippen LogP contribution in [-0.4, -0.2) is 7.11 Å². The van der Waals surface area contributed by atoms with Crippen LogP contribution in [0.1, 0.15) is 16.7 Å². The van der Waals surface area contributed by atoms with Crippen molar-refractivity contribution in [1.82, 2.24) is 0 Å². The second kappa shape index (κ2) is 6.48. The molecule has 2 aromatic carbocycles. The van der Waals surface area contributed by atoms with Crippen molar-refractivity contribution in [2.75, 3.05) is 7.11 Å². The van der Waals surface area contributed by atoms with E-state index in [0.29, 0.717) is 6.42 Å².